The standard InChI is InChI=1S/C27H21ClF3N3O4/c28-19-8-11-24-23(13-19)32-26(38-24)33-25(35)15-36-20-9-10-21-17(12-20)2-1-3-22(21)34-37-14-16-4-6-18(7-5-16)27(29,30)31/h4-13H,1-3,14-15H2,(H,32,33,35)/b34-22-. The molecular weight excluding hydrogens is 523 g/mol. The van der Waals surface area contributed by atoms with Crippen molar-refractivity contribution in [3.05, 3.63) is 87.9 Å². The number of hydrogen-bond donors (Lipinski definition) is 1. The first kappa shape index (κ1) is 25.6. The highest BCUT2D eigenvalue weighted by molar-refractivity contribution is 6.31. The van der Waals surface area contributed by atoms with Crippen LogP contribution in [0, 0.1) is 0 Å². The zero-order chi connectivity index (χ0) is 26.7. The number of nitrogens with zero attached hydrogens (tertiary/aromatic N) is 2. The minimum atomic E-state index is -4.38. The van der Waals surface area contributed by atoms with Gasteiger partial charge in [0.05, 0.1) is 11.3 Å². The maximum Gasteiger partial charge on any atom is 0.416 e. The number of aromatic nitrogens is 1. The number of benzene rings is 3. The zero-order valence-electron chi connectivity index (χ0n) is 19.8. The third-order valence-corrected chi connectivity index (χ3v) is 6.14. The molecule has 1 amide bonds. The fraction of sp³-hybridized carbons (Fsp3) is 0.222. The van der Waals surface area contributed by atoms with Gasteiger partial charge < -0.3 is 14.0 Å². The topological polar surface area (TPSA) is 86.0 Å². The lowest BCUT2D eigenvalue weighted by molar-refractivity contribution is -0.137. The Morgan fingerprint density at radius 3 is 2.68 bits per heavy atom. The molecule has 11 heteroatoms. The van der Waals surface area contributed by atoms with Crippen LogP contribution in [0.4, 0.5) is 19.2 Å². The first-order chi connectivity index (χ1) is 18.2. The van der Waals surface area contributed by atoms with Crippen molar-refractivity contribution in [2.24, 2.45) is 5.16 Å². The summed E-state index contributed by atoms with van der Waals surface area (Å²) in [5.74, 6) is 0.0921. The maximum atomic E-state index is 12.7. The van der Waals surface area contributed by atoms with E-state index in [2.05, 4.69) is 15.5 Å². The highest BCUT2D eigenvalue weighted by Gasteiger charge is 2.30. The summed E-state index contributed by atoms with van der Waals surface area (Å²) in [6.45, 7) is -0.185. The lowest BCUT2D eigenvalue weighted by Gasteiger charge is -2.18. The van der Waals surface area contributed by atoms with Crippen LogP contribution in [0.2, 0.25) is 5.02 Å². The van der Waals surface area contributed by atoms with E-state index in [0.717, 1.165) is 41.8 Å². The van der Waals surface area contributed by atoms with Crippen molar-refractivity contribution in [1.82, 2.24) is 4.98 Å². The number of alkyl halides is 3. The molecule has 1 aromatic heterocycles. The number of fused-ring (bicyclic) bond motifs is 2. The van der Waals surface area contributed by atoms with Gasteiger partial charge in [-0.25, -0.2) is 0 Å². The van der Waals surface area contributed by atoms with E-state index in [-0.39, 0.29) is 19.2 Å². The molecule has 1 N–H and O–H groups in total. The Morgan fingerprint density at radius 2 is 1.89 bits per heavy atom. The second-order valence-electron chi connectivity index (χ2n) is 8.65. The molecule has 0 spiro atoms. The van der Waals surface area contributed by atoms with Gasteiger partial charge in [-0.3, -0.25) is 10.1 Å². The average molecular weight is 544 g/mol. The molecule has 1 heterocycles. The summed E-state index contributed by atoms with van der Waals surface area (Å²) in [5, 5.41) is 7.30. The van der Waals surface area contributed by atoms with Crippen LogP contribution in [0.1, 0.15) is 35.1 Å². The quantitative estimate of drug-likeness (QED) is 0.260. The van der Waals surface area contributed by atoms with E-state index in [9.17, 15) is 18.0 Å². The molecule has 38 heavy (non-hydrogen) atoms. The fourth-order valence-corrected chi connectivity index (χ4v) is 4.22. The number of oxime groups is 1. The van der Waals surface area contributed by atoms with Gasteiger partial charge in [-0.2, -0.15) is 18.2 Å². The lowest BCUT2D eigenvalue weighted by Crippen LogP contribution is -2.20. The molecule has 0 bridgehead atoms. The molecule has 0 unspecified atom stereocenters. The Hall–Kier alpha value is -4.05. The van der Waals surface area contributed by atoms with Crippen molar-refractivity contribution < 1.29 is 32.0 Å². The van der Waals surface area contributed by atoms with E-state index in [1.165, 1.54) is 12.1 Å². The van der Waals surface area contributed by atoms with Gasteiger partial charge in [0.25, 0.3) is 5.91 Å². The molecule has 1 aliphatic carbocycles. The van der Waals surface area contributed by atoms with Crippen LogP contribution in [0.5, 0.6) is 5.75 Å². The van der Waals surface area contributed by atoms with Gasteiger partial charge in [-0.15, -0.1) is 0 Å². The Bertz CT molecular complexity index is 1500. The van der Waals surface area contributed by atoms with Crippen molar-refractivity contribution in [2.75, 3.05) is 11.9 Å². The summed E-state index contributed by atoms with van der Waals surface area (Å²) in [5.41, 5.74) is 3.57. The number of ether oxygens (including phenoxy) is 1. The molecule has 0 saturated carbocycles. The van der Waals surface area contributed by atoms with E-state index in [1.54, 1.807) is 24.3 Å². The highest BCUT2D eigenvalue weighted by atomic mass is 35.5. The number of anilines is 1. The highest BCUT2D eigenvalue weighted by Crippen LogP contribution is 2.30. The van der Waals surface area contributed by atoms with Crippen LogP contribution in [0.25, 0.3) is 11.1 Å². The van der Waals surface area contributed by atoms with Gasteiger partial charge in [0, 0.05) is 10.6 Å². The van der Waals surface area contributed by atoms with Gasteiger partial charge >= 0.3 is 12.2 Å². The number of carbonyl (C=O) groups excluding carboxylic acids is 1. The van der Waals surface area contributed by atoms with Gasteiger partial charge in [0.1, 0.15) is 17.9 Å². The normalized spacial score (nSPS) is 14.4. The minimum Gasteiger partial charge on any atom is -0.484 e. The SMILES string of the molecule is O=C(COc1ccc2c(c1)CCC/C2=N/OCc1ccc(C(F)(F)F)cc1)Nc1nc2cc(Cl)ccc2o1. The number of halogens is 4. The van der Waals surface area contributed by atoms with Crippen LogP contribution in [-0.4, -0.2) is 23.2 Å². The predicted octanol–water partition coefficient (Wildman–Crippen LogP) is 6.77. The van der Waals surface area contributed by atoms with Gasteiger partial charge in [-0.1, -0.05) is 28.9 Å². The van der Waals surface area contributed by atoms with E-state index in [1.807, 2.05) is 12.1 Å². The molecule has 196 valence electrons. The van der Waals surface area contributed by atoms with Gasteiger partial charge in [0.15, 0.2) is 12.2 Å². The molecule has 0 fully saturated rings. The molecule has 0 saturated heterocycles. The monoisotopic (exact) mass is 543 g/mol. The minimum absolute atomic E-state index is 0.0541. The third-order valence-electron chi connectivity index (χ3n) is 5.90. The number of nitrogens with one attached hydrogen (secondary N) is 1. The van der Waals surface area contributed by atoms with E-state index in [4.69, 9.17) is 25.6 Å². The van der Waals surface area contributed by atoms with Crippen LogP contribution in [-0.2, 0) is 28.8 Å². The molecule has 0 aliphatic heterocycles. The second kappa shape index (κ2) is 10.7. The van der Waals surface area contributed by atoms with E-state index < -0.39 is 17.6 Å². The smallest absolute Gasteiger partial charge is 0.416 e. The molecule has 3 aromatic carbocycles. The first-order valence-corrected chi connectivity index (χ1v) is 12.1. The summed E-state index contributed by atoms with van der Waals surface area (Å²) in [7, 11) is 0. The third kappa shape index (κ3) is 6.08. The molecule has 1 aliphatic rings. The molecule has 4 aromatic rings. The predicted molar refractivity (Wildman–Crippen MR) is 135 cm³/mol. The Balaban J connectivity index is 1.17. The largest absolute Gasteiger partial charge is 0.484 e. The van der Waals surface area contributed by atoms with Crippen molar-refractivity contribution in [2.45, 2.75) is 32.0 Å². The summed E-state index contributed by atoms with van der Waals surface area (Å²) in [6.07, 6.45) is -2.01. The zero-order valence-corrected chi connectivity index (χ0v) is 20.6. The summed E-state index contributed by atoms with van der Waals surface area (Å²) in [4.78, 5) is 21.9. The maximum absolute atomic E-state index is 12.7. The van der Waals surface area contributed by atoms with Crippen molar-refractivity contribution in [1.29, 1.82) is 0 Å². The molecule has 7 nitrogen and oxygen atoms in total. The molecule has 5 rings (SSSR count). The van der Waals surface area contributed by atoms with Gasteiger partial charge in [0.2, 0.25) is 0 Å². The fourth-order valence-electron chi connectivity index (χ4n) is 4.06. The number of carbonyl (C=O) groups is 1. The van der Waals surface area contributed by atoms with E-state index in [0.29, 0.717) is 33.9 Å². The van der Waals surface area contributed by atoms with E-state index >= 15 is 0 Å². The molecule has 0 radical (unpaired) electrons. The van der Waals surface area contributed by atoms with Crippen molar-refractivity contribution >= 4 is 40.3 Å². The van der Waals surface area contributed by atoms with Crippen LogP contribution in [0.15, 0.2) is 70.2 Å². The van der Waals surface area contributed by atoms with Crippen LogP contribution in [0.3, 0.4) is 0 Å². The Kier molecular flexibility index (Phi) is 7.24. The van der Waals surface area contributed by atoms with Crippen molar-refractivity contribution in [3.63, 3.8) is 0 Å². The van der Waals surface area contributed by atoms with Crippen molar-refractivity contribution in [3.8, 4) is 5.75 Å². The molecule has 0 atom stereocenters. The summed E-state index contributed by atoms with van der Waals surface area (Å²) in [6, 6.07) is 15.3. The summed E-state index contributed by atoms with van der Waals surface area (Å²) >= 11 is 5.94. The average Bonchev–Trinajstić information content (AvgIpc) is 3.28. The van der Waals surface area contributed by atoms with Gasteiger partial charge in [-0.05, 0) is 78.9 Å². The Labute approximate surface area is 220 Å². The number of hydrogen-bond acceptors (Lipinski definition) is 6. The Morgan fingerprint density at radius 1 is 1.08 bits per heavy atom. The number of oxazole rings is 1. The second-order valence-corrected chi connectivity index (χ2v) is 9.08. The lowest BCUT2D eigenvalue weighted by atomic mass is 9.90. The number of rotatable bonds is 7. The first-order valence-electron chi connectivity index (χ1n) is 11.7. The van der Waals surface area contributed by atoms with Crippen LogP contribution < -0.4 is 10.1 Å². The van der Waals surface area contributed by atoms with Crippen LogP contribution >= 0.6 is 11.6 Å². The summed E-state index contributed by atoms with van der Waals surface area (Å²) < 4.78 is 49.3. The molecular formula is C27H21ClF3N3O4. The number of aryl methyl sites for hydroxylation is 1. The number of amides is 1.